The number of nitrogens with zero attached hydrogens (tertiary/aromatic N) is 1. The van der Waals surface area contributed by atoms with Crippen LogP contribution in [0, 0.1) is 10.1 Å². The number of carbonyl (C=O) groups is 2. The normalized spacial score (nSPS) is 12.3. The number of methoxy groups -OCH3 is 2. The van der Waals surface area contributed by atoms with Crippen LogP contribution in [0.2, 0.25) is 0 Å². The van der Waals surface area contributed by atoms with Crippen molar-refractivity contribution in [2.45, 2.75) is 10.2 Å². The van der Waals surface area contributed by atoms with Crippen molar-refractivity contribution >= 4 is 27.9 Å². The fourth-order valence-corrected chi connectivity index (χ4v) is 2.69. The highest BCUT2D eigenvalue weighted by Crippen LogP contribution is 2.38. The van der Waals surface area contributed by atoms with Gasteiger partial charge in [-0.3, -0.25) is 10.1 Å². The molecule has 8 heteroatoms. The van der Waals surface area contributed by atoms with Crippen molar-refractivity contribution in [1.82, 2.24) is 0 Å². The maximum Gasteiger partial charge on any atom is 0.335 e. The van der Waals surface area contributed by atoms with Crippen molar-refractivity contribution in [2.75, 3.05) is 20.8 Å². The van der Waals surface area contributed by atoms with Gasteiger partial charge in [0.2, 0.25) is 10.9 Å². The Kier molecular flexibility index (Phi) is 5.83. The van der Waals surface area contributed by atoms with Gasteiger partial charge in [-0.05, 0) is 5.56 Å². The summed E-state index contributed by atoms with van der Waals surface area (Å²) in [7, 11) is 2.19. The zero-order valence-electron chi connectivity index (χ0n) is 11.4. The summed E-state index contributed by atoms with van der Waals surface area (Å²) in [6.45, 7) is -0.639. The molecule has 0 aliphatic carbocycles. The molecular weight excluding hydrogens is 346 g/mol. The summed E-state index contributed by atoms with van der Waals surface area (Å²) in [4.78, 5) is 34.4. The molecular formula is C13H14BrNO6. The first-order valence-corrected chi connectivity index (χ1v) is 6.69. The number of hydrogen-bond donors (Lipinski definition) is 0. The average molecular weight is 360 g/mol. The maximum absolute atomic E-state index is 12.0. The van der Waals surface area contributed by atoms with Crippen molar-refractivity contribution in [1.29, 1.82) is 0 Å². The second-order valence-corrected chi connectivity index (χ2v) is 5.42. The van der Waals surface area contributed by atoms with Crippen LogP contribution in [0.15, 0.2) is 30.3 Å². The maximum atomic E-state index is 12.0. The molecule has 0 saturated heterocycles. The van der Waals surface area contributed by atoms with Crippen molar-refractivity contribution in [3.63, 3.8) is 0 Å². The van der Waals surface area contributed by atoms with Crippen LogP contribution in [-0.4, -0.2) is 42.0 Å². The van der Waals surface area contributed by atoms with E-state index in [1.165, 1.54) is 0 Å². The van der Waals surface area contributed by atoms with E-state index in [0.29, 0.717) is 5.56 Å². The lowest BCUT2D eigenvalue weighted by Gasteiger charge is -2.28. The van der Waals surface area contributed by atoms with Crippen LogP contribution < -0.4 is 0 Å². The number of esters is 2. The average Bonchev–Trinajstić information content (AvgIpc) is 2.50. The van der Waals surface area contributed by atoms with Crippen molar-refractivity contribution in [2.24, 2.45) is 0 Å². The molecule has 1 atom stereocenters. The van der Waals surface area contributed by atoms with E-state index in [2.05, 4.69) is 25.4 Å². The minimum atomic E-state index is -1.98. The molecule has 0 aliphatic rings. The monoisotopic (exact) mass is 359 g/mol. The standard InChI is InChI=1S/C13H14BrNO6/c1-20-11(16)13(14,12(17)21-2)10(8-15(18)19)9-6-4-3-5-7-9/h3-7,10H,8H2,1-2H3. The lowest BCUT2D eigenvalue weighted by Crippen LogP contribution is -2.49. The Morgan fingerprint density at radius 3 is 2.10 bits per heavy atom. The number of alkyl halides is 1. The summed E-state index contributed by atoms with van der Waals surface area (Å²) in [6, 6.07) is 8.22. The zero-order valence-corrected chi connectivity index (χ0v) is 13.0. The largest absolute Gasteiger partial charge is 0.468 e. The van der Waals surface area contributed by atoms with Gasteiger partial charge in [-0.15, -0.1) is 0 Å². The first-order valence-electron chi connectivity index (χ1n) is 5.90. The van der Waals surface area contributed by atoms with Gasteiger partial charge in [-0.25, -0.2) is 9.59 Å². The van der Waals surface area contributed by atoms with Crippen LogP contribution in [0.25, 0.3) is 0 Å². The van der Waals surface area contributed by atoms with Gasteiger partial charge in [0, 0.05) is 4.92 Å². The molecule has 0 fully saturated rings. The van der Waals surface area contributed by atoms with E-state index >= 15 is 0 Å². The number of halogens is 1. The molecule has 0 saturated carbocycles. The van der Waals surface area contributed by atoms with Gasteiger partial charge >= 0.3 is 11.9 Å². The van der Waals surface area contributed by atoms with Gasteiger partial charge in [0.1, 0.15) is 0 Å². The highest BCUT2D eigenvalue weighted by Gasteiger charge is 2.55. The van der Waals surface area contributed by atoms with Crippen molar-refractivity contribution in [3.8, 4) is 0 Å². The van der Waals surface area contributed by atoms with Gasteiger partial charge in [0.05, 0.1) is 20.1 Å². The van der Waals surface area contributed by atoms with E-state index in [0.717, 1.165) is 14.2 Å². The Bertz CT molecular complexity index is 517. The predicted molar refractivity (Wildman–Crippen MR) is 76.7 cm³/mol. The minimum absolute atomic E-state index is 0.446. The molecule has 1 aromatic rings. The molecule has 7 nitrogen and oxygen atoms in total. The van der Waals surface area contributed by atoms with Crippen LogP contribution in [-0.2, 0) is 19.1 Å². The number of rotatable bonds is 6. The van der Waals surface area contributed by atoms with Crippen LogP contribution in [0.3, 0.4) is 0 Å². The Morgan fingerprint density at radius 2 is 1.71 bits per heavy atom. The first kappa shape index (κ1) is 17.1. The van der Waals surface area contributed by atoms with Gasteiger partial charge in [-0.1, -0.05) is 46.3 Å². The summed E-state index contributed by atoms with van der Waals surface area (Å²) in [5.74, 6) is -2.98. The fourth-order valence-electron chi connectivity index (χ4n) is 1.96. The lowest BCUT2D eigenvalue weighted by atomic mass is 9.85. The molecule has 0 bridgehead atoms. The first-order chi connectivity index (χ1) is 9.87. The van der Waals surface area contributed by atoms with E-state index in [1.54, 1.807) is 30.3 Å². The molecule has 0 spiro atoms. The Morgan fingerprint density at radius 1 is 1.24 bits per heavy atom. The second-order valence-electron chi connectivity index (χ2n) is 4.17. The van der Waals surface area contributed by atoms with Gasteiger partial charge in [0.25, 0.3) is 0 Å². The topological polar surface area (TPSA) is 95.7 Å². The molecule has 0 amide bonds. The van der Waals surface area contributed by atoms with Crippen LogP contribution in [0.1, 0.15) is 11.5 Å². The Balaban J connectivity index is 3.41. The molecule has 114 valence electrons. The Hall–Kier alpha value is -1.96. The molecule has 0 heterocycles. The highest BCUT2D eigenvalue weighted by atomic mass is 79.9. The summed E-state index contributed by atoms with van der Waals surface area (Å²) in [6.07, 6.45) is 0. The van der Waals surface area contributed by atoms with Gasteiger partial charge in [-0.2, -0.15) is 0 Å². The fraction of sp³-hybridized carbons (Fsp3) is 0.385. The van der Waals surface area contributed by atoms with E-state index in [9.17, 15) is 19.7 Å². The van der Waals surface area contributed by atoms with Gasteiger partial charge < -0.3 is 9.47 Å². The summed E-state index contributed by atoms with van der Waals surface area (Å²) in [5.41, 5.74) is 0.446. The van der Waals surface area contributed by atoms with Crippen LogP contribution in [0.4, 0.5) is 0 Å². The van der Waals surface area contributed by atoms with Crippen molar-refractivity contribution in [3.05, 3.63) is 46.0 Å². The molecule has 1 rings (SSSR count). The smallest absolute Gasteiger partial charge is 0.335 e. The minimum Gasteiger partial charge on any atom is -0.468 e. The van der Waals surface area contributed by atoms with E-state index in [4.69, 9.17) is 0 Å². The number of nitro groups is 1. The number of benzene rings is 1. The molecule has 1 aromatic carbocycles. The molecule has 21 heavy (non-hydrogen) atoms. The van der Waals surface area contributed by atoms with Crippen LogP contribution in [0.5, 0.6) is 0 Å². The molecule has 1 unspecified atom stereocenters. The summed E-state index contributed by atoms with van der Waals surface area (Å²) in [5, 5.41) is 10.9. The van der Waals surface area contributed by atoms with E-state index in [-0.39, 0.29) is 0 Å². The third-order valence-corrected chi connectivity index (χ3v) is 4.18. The quantitative estimate of drug-likeness (QED) is 0.251. The van der Waals surface area contributed by atoms with Gasteiger partial charge in [0.15, 0.2) is 0 Å². The molecule has 0 radical (unpaired) electrons. The van der Waals surface area contributed by atoms with Crippen molar-refractivity contribution < 1.29 is 24.0 Å². The lowest BCUT2D eigenvalue weighted by molar-refractivity contribution is -0.483. The zero-order chi connectivity index (χ0) is 16.0. The summed E-state index contributed by atoms with van der Waals surface area (Å²) < 4.78 is 7.25. The SMILES string of the molecule is COC(=O)C(Br)(C(=O)OC)C(C[N+](=O)[O-])c1ccccc1. The third kappa shape index (κ3) is 3.57. The number of ether oxygens (including phenoxy) is 2. The highest BCUT2D eigenvalue weighted by molar-refractivity contribution is 9.10. The van der Waals surface area contributed by atoms with Crippen LogP contribution >= 0.6 is 15.9 Å². The predicted octanol–water partition coefficient (Wildman–Crippen LogP) is 1.53. The molecule has 0 N–H and O–H groups in total. The Labute approximate surface area is 129 Å². The second kappa shape index (κ2) is 7.16. The molecule has 0 aliphatic heterocycles. The summed E-state index contributed by atoms with van der Waals surface area (Å²) >= 11 is 3.01. The van der Waals surface area contributed by atoms with E-state index < -0.39 is 33.6 Å². The van der Waals surface area contributed by atoms with E-state index in [1.807, 2.05) is 0 Å². The number of hydrogen-bond acceptors (Lipinski definition) is 6. The number of carbonyl (C=O) groups excluding carboxylic acids is 2. The third-order valence-electron chi connectivity index (χ3n) is 2.98. The molecule has 0 aromatic heterocycles.